The molecule has 134 valence electrons. The molecule has 1 amide bonds. The number of amides is 1. The summed E-state index contributed by atoms with van der Waals surface area (Å²) in [6, 6.07) is 7.71. The Morgan fingerprint density at radius 3 is 3.08 bits per heavy atom. The van der Waals surface area contributed by atoms with E-state index in [1.54, 1.807) is 23.1 Å². The van der Waals surface area contributed by atoms with Gasteiger partial charge < -0.3 is 10.6 Å². The molecule has 8 nitrogen and oxygen atoms in total. The minimum atomic E-state index is -0.176. The molecule has 4 heterocycles. The van der Waals surface area contributed by atoms with Gasteiger partial charge in [-0.05, 0) is 49.2 Å². The molecule has 1 atom stereocenters. The maximum Gasteiger partial charge on any atom is 0.272 e. The quantitative estimate of drug-likeness (QED) is 0.724. The van der Waals surface area contributed by atoms with E-state index in [1.165, 1.54) is 0 Å². The molecule has 1 saturated heterocycles. The monoisotopic (exact) mass is 351 g/mol. The van der Waals surface area contributed by atoms with Crippen LogP contribution in [-0.2, 0) is 6.54 Å². The summed E-state index contributed by atoms with van der Waals surface area (Å²) < 4.78 is 3.58. The second-order valence-corrected chi connectivity index (χ2v) is 6.34. The third-order valence-electron chi connectivity index (χ3n) is 4.49. The summed E-state index contributed by atoms with van der Waals surface area (Å²) in [6.45, 7) is 2.36. The molecule has 0 bridgehead atoms. The Morgan fingerprint density at radius 1 is 1.31 bits per heavy atom. The van der Waals surface area contributed by atoms with Gasteiger partial charge >= 0.3 is 0 Å². The van der Waals surface area contributed by atoms with Crippen LogP contribution >= 0.6 is 0 Å². The van der Waals surface area contributed by atoms with Crippen molar-refractivity contribution in [3.63, 3.8) is 0 Å². The van der Waals surface area contributed by atoms with E-state index < -0.39 is 0 Å². The molecule has 1 fully saturated rings. The Labute approximate surface area is 151 Å². The first-order valence-electron chi connectivity index (χ1n) is 8.78. The fourth-order valence-electron chi connectivity index (χ4n) is 3.09. The van der Waals surface area contributed by atoms with E-state index >= 15 is 0 Å². The van der Waals surface area contributed by atoms with Gasteiger partial charge in [0.1, 0.15) is 5.69 Å². The van der Waals surface area contributed by atoms with E-state index in [0.717, 1.165) is 37.3 Å². The molecule has 8 heteroatoms. The molecule has 4 rings (SSSR count). The largest absolute Gasteiger partial charge is 0.347 e. The minimum Gasteiger partial charge on any atom is -0.347 e. The molecule has 0 aliphatic carbocycles. The topological polar surface area (TPSA) is 89.7 Å². The smallest absolute Gasteiger partial charge is 0.272 e. The zero-order valence-corrected chi connectivity index (χ0v) is 14.4. The number of rotatable bonds is 5. The van der Waals surface area contributed by atoms with Crippen molar-refractivity contribution in [1.29, 1.82) is 0 Å². The zero-order valence-electron chi connectivity index (χ0n) is 14.4. The minimum absolute atomic E-state index is 0.176. The first-order valence-corrected chi connectivity index (χ1v) is 8.78. The second-order valence-electron chi connectivity index (χ2n) is 6.34. The highest BCUT2D eigenvalue weighted by Gasteiger charge is 2.17. The van der Waals surface area contributed by atoms with Gasteiger partial charge in [-0.1, -0.05) is 0 Å². The van der Waals surface area contributed by atoms with Crippen LogP contribution in [0.25, 0.3) is 5.82 Å². The van der Waals surface area contributed by atoms with E-state index in [2.05, 4.69) is 25.8 Å². The van der Waals surface area contributed by atoms with Crippen molar-refractivity contribution in [3.05, 3.63) is 60.3 Å². The van der Waals surface area contributed by atoms with Crippen LogP contribution in [-0.4, -0.2) is 43.5 Å². The molecule has 0 spiro atoms. The van der Waals surface area contributed by atoms with E-state index in [4.69, 9.17) is 0 Å². The van der Waals surface area contributed by atoms with Crippen LogP contribution in [0.15, 0.2) is 49.1 Å². The van der Waals surface area contributed by atoms with Crippen molar-refractivity contribution < 1.29 is 4.79 Å². The van der Waals surface area contributed by atoms with Crippen molar-refractivity contribution in [2.45, 2.75) is 25.4 Å². The van der Waals surface area contributed by atoms with Crippen LogP contribution in [0.3, 0.4) is 0 Å². The lowest BCUT2D eigenvalue weighted by molar-refractivity contribution is 0.0944. The van der Waals surface area contributed by atoms with E-state index in [9.17, 15) is 4.79 Å². The van der Waals surface area contributed by atoms with Crippen molar-refractivity contribution in [3.8, 4) is 5.82 Å². The van der Waals surface area contributed by atoms with Gasteiger partial charge in [0, 0.05) is 37.9 Å². The summed E-state index contributed by atoms with van der Waals surface area (Å²) in [5, 5.41) is 14.9. The molecule has 1 unspecified atom stereocenters. The molecular formula is C18H21N7O. The number of aromatic nitrogens is 5. The van der Waals surface area contributed by atoms with Crippen LogP contribution in [0.4, 0.5) is 0 Å². The van der Waals surface area contributed by atoms with Crippen molar-refractivity contribution in [1.82, 2.24) is 35.2 Å². The van der Waals surface area contributed by atoms with Gasteiger partial charge in [-0.3, -0.25) is 9.48 Å². The average molecular weight is 351 g/mol. The van der Waals surface area contributed by atoms with Crippen LogP contribution in [0.2, 0.25) is 0 Å². The number of nitrogens with one attached hydrogen (secondary N) is 2. The highest BCUT2D eigenvalue weighted by molar-refractivity contribution is 5.92. The summed E-state index contributed by atoms with van der Waals surface area (Å²) in [5.41, 5.74) is 1.40. The maximum atomic E-state index is 12.4. The zero-order chi connectivity index (χ0) is 17.8. The average Bonchev–Trinajstić information content (AvgIpc) is 3.39. The summed E-state index contributed by atoms with van der Waals surface area (Å²) in [4.78, 5) is 16.7. The SMILES string of the molecule is O=C(NCc1ccnc(-n2cccn2)c1)c1ccn(C2CCCNC2)n1. The van der Waals surface area contributed by atoms with Gasteiger partial charge in [-0.15, -0.1) is 0 Å². The van der Waals surface area contributed by atoms with Crippen LogP contribution in [0.1, 0.15) is 34.9 Å². The number of carbonyl (C=O) groups is 1. The summed E-state index contributed by atoms with van der Waals surface area (Å²) in [5.74, 6) is 0.542. The number of hydrogen-bond acceptors (Lipinski definition) is 5. The molecule has 2 N–H and O–H groups in total. The van der Waals surface area contributed by atoms with Gasteiger partial charge in [0.05, 0.1) is 6.04 Å². The normalized spacial score (nSPS) is 17.2. The second kappa shape index (κ2) is 7.49. The van der Waals surface area contributed by atoms with Gasteiger partial charge in [0.25, 0.3) is 5.91 Å². The first kappa shape index (κ1) is 16.5. The van der Waals surface area contributed by atoms with Gasteiger partial charge in [0.15, 0.2) is 5.82 Å². The Balaban J connectivity index is 1.38. The summed E-state index contributed by atoms with van der Waals surface area (Å²) >= 11 is 0. The van der Waals surface area contributed by atoms with Crippen molar-refractivity contribution in [2.75, 3.05) is 13.1 Å². The van der Waals surface area contributed by atoms with Gasteiger partial charge in [-0.25, -0.2) is 9.67 Å². The van der Waals surface area contributed by atoms with Gasteiger partial charge in [-0.2, -0.15) is 10.2 Å². The molecule has 26 heavy (non-hydrogen) atoms. The van der Waals surface area contributed by atoms with Gasteiger partial charge in [0.2, 0.25) is 0 Å². The van der Waals surface area contributed by atoms with E-state index in [-0.39, 0.29) is 5.91 Å². The molecule has 3 aromatic rings. The fraction of sp³-hybridized carbons (Fsp3) is 0.333. The lowest BCUT2D eigenvalue weighted by Gasteiger charge is -2.22. The molecule has 0 saturated carbocycles. The number of pyridine rings is 1. The highest BCUT2D eigenvalue weighted by atomic mass is 16.1. The van der Waals surface area contributed by atoms with Crippen LogP contribution < -0.4 is 10.6 Å². The summed E-state index contributed by atoms with van der Waals surface area (Å²) in [7, 11) is 0. The fourth-order valence-corrected chi connectivity index (χ4v) is 3.09. The lowest BCUT2D eigenvalue weighted by Crippen LogP contribution is -2.32. The van der Waals surface area contributed by atoms with E-state index in [1.807, 2.05) is 35.3 Å². The van der Waals surface area contributed by atoms with Crippen molar-refractivity contribution in [2.24, 2.45) is 0 Å². The molecule has 1 aliphatic heterocycles. The van der Waals surface area contributed by atoms with Crippen LogP contribution in [0.5, 0.6) is 0 Å². The number of piperidine rings is 1. The predicted octanol–water partition coefficient (Wildman–Crippen LogP) is 1.32. The highest BCUT2D eigenvalue weighted by Crippen LogP contribution is 2.15. The first-order chi connectivity index (χ1) is 12.8. The Hall–Kier alpha value is -3.00. The van der Waals surface area contributed by atoms with Crippen molar-refractivity contribution >= 4 is 5.91 Å². The number of carbonyl (C=O) groups excluding carboxylic acids is 1. The predicted molar refractivity (Wildman–Crippen MR) is 95.9 cm³/mol. The standard InChI is InChI=1S/C18H21N7O/c26-18(16-5-10-24(23-16)15-3-1-6-19-13-15)21-12-14-4-8-20-17(11-14)25-9-2-7-22-25/h2,4-5,7-11,15,19H,1,3,6,12-13H2,(H,21,26). The maximum absolute atomic E-state index is 12.4. The molecule has 1 aliphatic rings. The summed E-state index contributed by atoms with van der Waals surface area (Å²) in [6.07, 6.45) is 9.35. The Morgan fingerprint density at radius 2 is 2.27 bits per heavy atom. The molecule has 0 aromatic carbocycles. The molecule has 0 radical (unpaired) electrons. The number of nitrogens with zero attached hydrogens (tertiary/aromatic N) is 5. The van der Waals surface area contributed by atoms with Crippen LogP contribution in [0, 0.1) is 0 Å². The molecular weight excluding hydrogens is 330 g/mol. The number of hydrogen-bond donors (Lipinski definition) is 2. The third-order valence-corrected chi connectivity index (χ3v) is 4.49. The Kier molecular flexibility index (Phi) is 4.74. The third kappa shape index (κ3) is 3.65. The Bertz CT molecular complexity index is 865. The molecule has 3 aromatic heterocycles. The lowest BCUT2D eigenvalue weighted by atomic mass is 10.1. The van der Waals surface area contributed by atoms with E-state index in [0.29, 0.717) is 18.3 Å².